The van der Waals surface area contributed by atoms with Crippen molar-refractivity contribution in [1.29, 1.82) is 0 Å². The molecule has 1 aliphatic carbocycles. The highest BCUT2D eigenvalue weighted by Crippen LogP contribution is 2.35. The van der Waals surface area contributed by atoms with Gasteiger partial charge >= 0.3 is 0 Å². The van der Waals surface area contributed by atoms with Crippen molar-refractivity contribution >= 4 is 23.2 Å². The summed E-state index contributed by atoms with van der Waals surface area (Å²) in [5.74, 6) is 0. The van der Waals surface area contributed by atoms with E-state index in [1.165, 1.54) is 0 Å². The second-order valence-corrected chi connectivity index (χ2v) is 5.83. The van der Waals surface area contributed by atoms with Crippen LogP contribution in [0.3, 0.4) is 0 Å². The van der Waals surface area contributed by atoms with Crippen LogP contribution in [0.1, 0.15) is 31.2 Å². The van der Waals surface area contributed by atoms with Crippen LogP contribution in [0.5, 0.6) is 0 Å². The molecular weight excluding hydrogens is 271 g/mol. The van der Waals surface area contributed by atoms with Gasteiger partial charge in [0.15, 0.2) is 0 Å². The Morgan fingerprint density at radius 3 is 2.89 bits per heavy atom. The lowest BCUT2D eigenvalue weighted by Crippen LogP contribution is -2.47. The fourth-order valence-electron chi connectivity index (χ4n) is 2.74. The van der Waals surface area contributed by atoms with Gasteiger partial charge in [-0.05, 0) is 36.6 Å². The Hall–Kier alpha value is -0.280. The number of hydrogen-bond donors (Lipinski definition) is 1. The van der Waals surface area contributed by atoms with Crippen molar-refractivity contribution in [3.05, 3.63) is 33.8 Å². The van der Waals surface area contributed by atoms with Gasteiger partial charge in [-0.2, -0.15) is 0 Å². The van der Waals surface area contributed by atoms with Crippen LogP contribution in [0, 0.1) is 0 Å². The Bertz CT molecular complexity index is 422. The first-order valence-corrected chi connectivity index (χ1v) is 7.00. The number of ether oxygens (including phenoxy) is 1. The molecule has 2 nitrogen and oxygen atoms in total. The van der Waals surface area contributed by atoms with Gasteiger partial charge in [0.1, 0.15) is 0 Å². The molecule has 0 amide bonds. The highest BCUT2D eigenvalue weighted by Gasteiger charge is 2.39. The third-order valence-corrected chi connectivity index (χ3v) is 4.32. The van der Waals surface area contributed by atoms with E-state index in [0.717, 1.165) is 31.2 Å². The zero-order chi connectivity index (χ0) is 13.2. The van der Waals surface area contributed by atoms with Gasteiger partial charge < -0.3 is 9.84 Å². The van der Waals surface area contributed by atoms with Gasteiger partial charge in [0, 0.05) is 23.6 Å². The van der Waals surface area contributed by atoms with Gasteiger partial charge in [-0.3, -0.25) is 0 Å². The lowest BCUT2D eigenvalue weighted by molar-refractivity contribution is -0.116. The first kappa shape index (κ1) is 14.1. The zero-order valence-corrected chi connectivity index (χ0v) is 12.0. The molecule has 0 aliphatic heterocycles. The molecule has 0 bridgehead atoms. The molecule has 1 saturated carbocycles. The Morgan fingerprint density at radius 2 is 2.17 bits per heavy atom. The Morgan fingerprint density at radius 1 is 1.39 bits per heavy atom. The molecule has 2 atom stereocenters. The molecule has 4 heteroatoms. The zero-order valence-electron chi connectivity index (χ0n) is 10.5. The monoisotopic (exact) mass is 288 g/mol. The number of rotatable bonds is 3. The standard InChI is InChI=1S/C14H18Cl2O2/c1-18-13-4-2-3-7-14(13,17)9-10-8-11(15)5-6-12(10)16/h5-6,8,13,17H,2-4,7,9H2,1H3. The fourth-order valence-corrected chi connectivity index (χ4v) is 3.12. The smallest absolute Gasteiger partial charge is 0.0948 e. The van der Waals surface area contributed by atoms with Crippen LogP contribution in [0.25, 0.3) is 0 Å². The van der Waals surface area contributed by atoms with Crippen LogP contribution in [0.2, 0.25) is 10.0 Å². The van der Waals surface area contributed by atoms with Gasteiger partial charge in [0.2, 0.25) is 0 Å². The molecule has 2 unspecified atom stereocenters. The normalized spacial score (nSPS) is 28.3. The van der Waals surface area contributed by atoms with E-state index < -0.39 is 5.60 Å². The summed E-state index contributed by atoms with van der Waals surface area (Å²) >= 11 is 12.1. The summed E-state index contributed by atoms with van der Waals surface area (Å²) in [5, 5.41) is 12.1. The van der Waals surface area contributed by atoms with E-state index >= 15 is 0 Å². The molecule has 0 heterocycles. The minimum absolute atomic E-state index is 0.124. The lowest BCUT2D eigenvalue weighted by atomic mass is 9.78. The van der Waals surface area contributed by atoms with E-state index in [4.69, 9.17) is 27.9 Å². The lowest BCUT2D eigenvalue weighted by Gasteiger charge is -2.39. The van der Waals surface area contributed by atoms with Crippen molar-refractivity contribution in [3.63, 3.8) is 0 Å². The van der Waals surface area contributed by atoms with Crippen molar-refractivity contribution in [2.24, 2.45) is 0 Å². The summed E-state index contributed by atoms with van der Waals surface area (Å²) in [4.78, 5) is 0. The largest absolute Gasteiger partial charge is 0.387 e. The molecule has 1 aromatic rings. The van der Waals surface area contributed by atoms with E-state index in [2.05, 4.69) is 0 Å². The van der Waals surface area contributed by atoms with Crippen molar-refractivity contribution in [3.8, 4) is 0 Å². The van der Waals surface area contributed by atoms with E-state index in [1.807, 2.05) is 6.07 Å². The molecule has 0 radical (unpaired) electrons. The third kappa shape index (κ3) is 3.00. The molecule has 1 aromatic carbocycles. The summed E-state index contributed by atoms with van der Waals surface area (Å²) in [6.07, 6.45) is 4.13. The van der Waals surface area contributed by atoms with Gasteiger partial charge in [-0.25, -0.2) is 0 Å². The number of aliphatic hydroxyl groups is 1. The predicted molar refractivity (Wildman–Crippen MR) is 74.4 cm³/mol. The maximum absolute atomic E-state index is 10.8. The SMILES string of the molecule is COC1CCCCC1(O)Cc1cc(Cl)ccc1Cl. The number of halogens is 2. The van der Waals surface area contributed by atoms with Gasteiger partial charge in [-0.1, -0.05) is 36.0 Å². The quantitative estimate of drug-likeness (QED) is 0.915. The Labute approximate surface area is 118 Å². The third-order valence-electron chi connectivity index (χ3n) is 3.71. The fraction of sp³-hybridized carbons (Fsp3) is 0.571. The summed E-state index contributed by atoms with van der Waals surface area (Å²) in [5.41, 5.74) is 0.0528. The molecule has 1 N–H and O–H groups in total. The summed E-state index contributed by atoms with van der Waals surface area (Å²) < 4.78 is 5.42. The van der Waals surface area contributed by atoms with Crippen molar-refractivity contribution in [2.45, 2.75) is 43.8 Å². The average Bonchev–Trinajstić information content (AvgIpc) is 2.34. The van der Waals surface area contributed by atoms with Crippen molar-refractivity contribution in [1.82, 2.24) is 0 Å². The number of benzene rings is 1. The highest BCUT2D eigenvalue weighted by atomic mass is 35.5. The van der Waals surface area contributed by atoms with Crippen LogP contribution in [0.4, 0.5) is 0 Å². The predicted octanol–water partition coefficient (Wildman–Crippen LogP) is 3.86. The molecular formula is C14H18Cl2O2. The van der Waals surface area contributed by atoms with E-state index in [-0.39, 0.29) is 6.10 Å². The van der Waals surface area contributed by atoms with E-state index in [9.17, 15) is 5.11 Å². The second-order valence-electron chi connectivity index (χ2n) is 4.99. The molecule has 100 valence electrons. The van der Waals surface area contributed by atoms with Gasteiger partial charge in [0.25, 0.3) is 0 Å². The molecule has 18 heavy (non-hydrogen) atoms. The summed E-state index contributed by atoms with van der Waals surface area (Å²) in [6.45, 7) is 0. The topological polar surface area (TPSA) is 29.5 Å². The van der Waals surface area contributed by atoms with Crippen LogP contribution in [0.15, 0.2) is 18.2 Å². The number of hydrogen-bond acceptors (Lipinski definition) is 2. The van der Waals surface area contributed by atoms with Crippen LogP contribution >= 0.6 is 23.2 Å². The number of methoxy groups -OCH3 is 1. The molecule has 2 rings (SSSR count). The van der Waals surface area contributed by atoms with Gasteiger partial charge in [0.05, 0.1) is 11.7 Å². The molecule has 0 spiro atoms. The molecule has 1 aliphatic rings. The average molecular weight is 289 g/mol. The minimum atomic E-state index is -0.832. The summed E-state index contributed by atoms with van der Waals surface area (Å²) in [6, 6.07) is 5.35. The minimum Gasteiger partial charge on any atom is -0.387 e. The highest BCUT2D eigenvalue weighted by molar-refractivity contribution is 6.33. The second kappa shape index (κ2) is 5.79. The first-order chi connectivity index (χ1) is 8.55. The van der Waals surface area contributed by atoms with Crippen molar-refractivity contribution < 1.29 is 9.84 Å². The van der Waals surface area contributed by atoms with Crippen LogP contribution < -0.4 is 0 Å². The van der Waals surface area contributed by atoms with E-state index in [0.29, 0.717) is 16.5 Å². The Balaban J connectivity index is 2.22. The van der Waals surface area contributed by atoms with Crippen LogP contribution in [-0.2, 0) is 11.2 Å². The Kier molecular flexibility index (Phi) is 4.54. The molecule has 1 fully saturated rings. The summed E-state index contributed by atoms with van der Waals surface area (Å²) in [7, 11) is 1.65. The van der Waals surface area contributed by atoms with Crippen LogP contribution in [-0.4, -0.2) is 23.9 Å². The van der Waals surface area contributed by atoms with E-state index in [1.54, 1.807) is 19.2 Å². The maximum atomic E-state index is 10.8. The van der Waals surface area contributed by atoms with Gasteiger partial charge in [-0.15, -0.1) is 0 Å². The molecule has 0 aromatic heterocycles. The maximum Gasteiger partial charge on any atom is 0.0948 e. The van der Waals surface area contributed by atoms with Crippen molar-refractivity contribution in [2.75, 3.05) is 7.11 Å². The molecule has 0 saturated heterocycles. The first-order valence-electron chi connectivity index (χ1n) is 6.24.